The number of rotatable bonds is 8. The molecule has 1 N–H and O–H groups in total. The molecule has 1 saturated heterocycles. The quantitative estimate of drug-likeness (QED) is 0.729. The van der Waals surface area contributed by atoms with E-state index in [2.05, 4.69) is 16.3 Å². The molecule has 1 aliphatic rings. The zero-order valence-electron chi connectivity index (χ0n) is 14.6. The number of fused-ring (bicyclic) bond motifs is 1. The lowest BCUT2D eigenvalue weighted by molar-refractivity contribution is -0.123. The van der Waals surface area contributed by atoms with Gasteiger partial charge in [0, 0.05) is 6.54 Å². The Labute approximate surface area is 155 Å². The normalized spacial score (nSPS) is 14.2. The molecular formula is C20H27ClN2O2. The van der Waals surface area contributed by atoms with E-state index in [0.29, 0.717) is 0 Å². The van der Waals surface area contributed by atoms with Gasteiger partial charge in [-0.1, -0.05) is 30.3 Å². The number of nitrogens with one attached hydrogen (secondary N) is 1. The van der Waals surface area contributed by atoms with Crippen LogP contribution in [0.15, 0.2) is 42.5 Å². The van der Waals surface area contributed by atoms with Crippen molar-refractivity contribution >= 4 is 29.1 Å². The molecule has 2 aromatic rings. The molecule has 0 unspecified atom stereocenters. The van der Waals surface area contributed by atoms with Crippen LogP contribution in [0.25, 0.3) is 10.8 Å². The molecule has 0 atom stereocenters. The second-order valence-corrected chi connectivity index (χ2v) is 6.40. The number of likely N-dealkylation sites (tertiary alicyclic amines) is 1. The highest BCUT2D eigenvalue weighted by Gasteiger charge is 2.10. The Morgan fingerprint density at radius 2 is 1.80 bits per heavy atom. The third-order valence-corrected chi connectivity index (χ3v) is 4.51. The number of amides is 1. The van der Waals surface area contributed by atoms with E-state index in [1.165, 1.54) is 31.3 Å². The van der Waals surface area contributed by atoms with Crippen LogP contribution >= 0.6 is 12.4 Å². The lowest BCUT2D eigenvalue weighted by atomic mass is 10.1. The monoisotopic (exact) mass is 362 g/mol. The van der Waals surface area contributed by atoms with Gasteiger partial charge in [-0.25, -0.2) is 0 Å². The van der Waals surface area contributed by atoms with E-state index in [9.17, 15) is 4.79 Å². The second kappa shape index (κ2) is 10.3. The molecule has 0 bridgehead atoms. The van der Waals surface area contributed by atoms with Crippen LogP contribution in [0.1, 0.15) is 25.7 Å². The Morgan fingerprint density at radius 3 is 2.60 bits per heavy atom. The molecule has 1 amide bonds. The molecule has 0 spiro atoms. The van der Waals surface area contributed by atoms with E-state index in [4.69, 9.17) is 4.74 Å². The Hall–Kier alpha value is -1.78. The van der Waals surface area contributed by atoms with Crippen LogP contribution in [-0.4, -0.2) is 43.6 Å². The van der Waals surface area contributed by atoms with Gasteiger partial charge in [0.2, 0.25) is 0 Å². The number of carbonyl (C=O) groups excluding carboxylic acids is 1. The highest BCUT2D eigenvalue weighted by atomic mass is 35.5. The second-order valence-electron chi connectivity index (χ2n) is 6.40. The molecule has 1 fully saturated rings. The predicted octanol–water partition coefficient (Wildman–Crippen LogP) is 3.63. The maximum atomic E-state index is 11.9. The average Bonchev–Trinajstić information content (AvgIpc) is 3.13. The first kappa shape index (κ1) is 19.5. The number of carbonyl (C=O) groups is 1. The van der Waals surface area contributed by atoms with Gasteiger partial charge >= 0.3 is 0 Å². The first-order valence-electron chi connectivity index (χ1n) is 8.92. The molecule has 0 aromatic heterocycles. The Balaban J connectivity index is 0.00000225. The Morgan fingerprint density at radius 1 is 1.04 bits per heavy atom. The van der Waals surface area contributed by atoms with Crippen molar-refractivity contribution in [1.82, 2.24) is 10.2 Å². The van der Waals surface area contributed by atoms with Crippen molar-refractivity contribution < 1.29 is 9.53 Å². The fourth-order valence-corrected chi connectivity index (χ4v) is 3.15. The highest BCUT2D eigenvalue weighted by Crippen LogP contribution is 2.20. The molecule has 1 heterocycles. The summed E-state index contributed by atoms with van der Waals surface area (Å²) in [6, 6.07) is 14.0. The van der Waals surface area contributed by atoms with Gasteiger partial charge < -0.3 is 15.0 Å². The van der Waals surface area contributed by atoms with Crippen LogP contribution in [-0.2, 0) is 4.79 Å². The molecule has 2 aromatic carbocycles. The van der Waals surface area contributed by atoms with Gasteiger partial charge in [-0.05, 0) is 68.2 Å². The first-order valence-corrected chi connectivity index (χ1v) is 8.92. The zero-order valence-corrected chi connectivity index (χ0v) is 15.4. The van der Waals surface area contributed by atoms with E-state index in [0.717, 1.165) is 37.1 Å². The highest BCUT2D eigenvalue weighted by molar-refractivity contribution is 5.85. The number of ether oxygens (including phenoxy) is 1. The van der Waals surface area contributed by atoms with Gasteiger partial charge in [-0.3, -0.25) is 4.79 Å². The smallest absolute Gasteiger partial charge is 0.257 e. The van der Waals surface area contributed by atoms with Crippen molar-refractivity contribution in [2.45, 2.75) is 25.7 Å². The van der Waals surface area contributed by atoms with Crippen molar-refractivity contribution in [2.75, 3.05) is 32.8 Å². The van der Waals surface area contributed by atoms with E-state index >= 15 is 0 Å². The molecular weight excluding hydrogens is 336 g/mol. The lowest BCUT2D eigenvalue weighted by Crippen LogP contribution is -2.30. The summed E-state index contributed by atoms with van der Waals surface area (Å²) in [5.74, 6) is 0.683. The number of hydrogen-bond donors (Lipinski definition) is 1. The summed E-state index contributed by atoms with van der Waals surface area (Å²) in [5, 5.41) is 5.23. The first-order chi connectivity index (χ1) is 11.8. The summed E-state index contributed by atoms with van der Waals surface area (Å²) < 4.78 is 5.59. The zero-order chi connectivity index (χ0) is 16.6. The minimum Gasteiger partial charge on any atom is -0.484 e. The molecule has 1 aliphatic heterocycles. The maximum Gasteiger partial charge on any atom is 0.257 e. The lowest BCUT2D eigenvalue weighted by Gasteiger charge is -2.14. The summed E-state index contributed by atoms with van der Waals surface area (Å²) in [7, 11) is 0. The van der Waals surface area contributed by atoms with Crippen molar-refractivity contribution in [3.05, 3.63) is 42.5 Å². The summed E-state index contributed by atoms with van der Waals surface area (Å²) in [6.07, 6.45) is 4.84. The molecule has 136 valence electrons. The van der Waals surface area contributed by atoms with Crippen LogP contribution in [0.5, 0.6) is 5.75 Å². The third kappa shape index (κ3) is 6.22. The van der Waals surface area contributed by atoms with Crippen molar-refractivity contribution in [1.29, 1.82) is 0 Å². The number of unbranched alkanes of at least 4 members (excludes halogenated alkanes) is 1. The van der Waals surface area contributed by atoms with E-state index < -0.39 is 0 Å². The molecule has 0 aliphatic carbocycles. The topological polar surface area (TPSA) is 41.6 Å². The predicted molar refractivity (Wildman–Crippen MR) is 105 cm³/mol. The van der Waals surface area contributed by atoms with Crippen LogP contribution in [0, 0.1) is 0 Å². The Bertz CT molecular complexity index is 672. The third-order valence-electron chi connectivity index (χ3n) is 4.51. The maximum absolute atomic E-state index is 11.9. The minimum absolute atomic E-state index is 0. The molecule has 4 nitrogen and oxygen atoms in total. The number of nitrogens with zero attached hydrogens (tertiary/aromatic N) is 1. The molecule has 25 heavy (non-hydrogen) atoms. The van der Waals surface area contributed by atoms with Gasteiger partial charge in [-0.15, -0.1) is 12.4 Å². The summed E-state index contributed by atoms with van der Waals surface area (Å²) in [5.41, 5.74) is 0. The van der Waals surface area contributed by atoms with Crippen LogP contribution in [0.3, 0.4) is 0 Å². The number of hydrogen-bond acceptors (Lipinski definition) is 3. The molecule has 5 heteroatoms. The summed E-state index contributed by atoms with van der Waals surface area (Å²) >= 11 is 0. The van der Waals surface area contributed by atoms with Crippen LogP contribution < -0.4 is 10.1 Å². The average molecular weight is 363 g/mol. The van der Waals surface area contributed by atoms with Gasteiger partial charge in [-0.2, -0.15) is 0 Å². The minimum atomic E-state index is -0.0515. The fraction of sp³-hybridized carbons (Fsp3) is 0.450. The van der Waals surface area contributed by atoms with E-state index in [-0.39, 0.29) is 24.9 Å². The van der Waals surface area contributed by atoms with Gasteiger partial charge in [0.25, 0.3) is 5.91 Å². The van der Waals surface area contributed by atoms with Crippen LogP contribution in [0.4, 0.5) is 0 Å². The molecule has 0 saturated carbocycles. The van der Waals surface area contributed by atoms with E-state index in [1.54, 1.807) is 0 Å². The molecule has 3 rings (SSSR count). The summed E-state index contributed by atoms with van der Waals surface area (Å²) in [4.78, 5) is 14.4. The van der Waals surface area contributed by atoms with Crippen LogP contribution in [0.2, 0.25) is 0 Å². The van der Waals surface area contributed by atoms with Gasteiger partial charge in [0.15, 0.2) is 6.61 Å². The van der Waals surface area contributed by atoms with Crippen molar-refractivity contribution in [2.24, 2.45) is 0 Å². The van der Waals surface area contributed by atoms with E-state index in [1.807, 2.05) is 36.4 Å². The fourth-order valence-electron chi connectivity index (χ4n) is 3.15. The standard InChI is InChI=1S/C20H26N2O2.ClH/c23-20(21-11-3-4-12-22-13-5-6-14-22)16-24-19-10-9-17-7-1-2-8-18(17)15-19;/h1-2,7-10,15H,3-6,11-14,16H2,(H,21,23);1H. The van der Waals surface area contributed by atoms with Crippen molar-refractivity contribution in [3.8, 4) is 5.75 Å². The van der Waals surface area contributed by atoms with Gasteiger partial charge in [0.1, 0.15) is 5.75 Å². The van der Waals surface area contributed by atoms with Crippen molar-refractivity contribution in [3.63, 3.8) is 0 Å². The number of benzene rings is 2. The summed E-state index contributed by atoms with van der Waals surface area (Å²) in [6.45, 7) is 4.44. The Kier molecular flexibility index (Phi) is 8.02. The van der Waals surface area contributed by atoms with Gasteiger partial charge in [0.05, 0.1) is 0 Å². The SMILES string of the molecule is Cl.O=C(COc1ccc2ccccc2c1)NCCCCN1CCCC1. The number of halogens is 1. The molecule has 0 radical (unpaired) electrons. The largest absolute Gasteiger partial charge is 0.484 e.